The fourth-order valence-corrected chi connectivity index (χ4v) is 3.75. The molecule has 2 aromatic rings. The SMILES string of the molecule is O=C(NC1(C(=O)O)CCSCC1)c1cnn(-c2ccccc2)c1. The molecule has 0 radical (unpaired) electrons. The average Bonchev–Trinajstić information content (AvgIpc) is 3.06. The number of benzene rings is 1. The number of hydrogen-bond donors (Lipinski definition) is 2. The van der Waals surface area contributed by atoms with Crippen molar-refractivity contribution >= 4 is 23.6 Å². The maximum absolute atomic E-state index is 12.4. The number of nitrogens with zero attached hydrogens (tertiary/aromatic N) is 2. The average molecular weight is 331 g/mol. The molecule has 1 aromatic carbocycles. The van der Waals surface area contributed by atoms with Crippen molar-refractivity contribution in [2.75, 3.05) is 11.5 Å². The number of thioether (sulfide) groups is 1. The van der Waals surface area contributed by atoms with Gasteiger partial charge in [-0.25, -0.2) is 9.48 Å². The van der Waals surface area contributed by atoms with Crippen molar-refractivity contribution in [1.82, 2.24) is 15.1 Å². The summed E-state index contributed by atoms with van der Waals surface area (Å²) < 4.78 is 1.60. The third-order valence-corrected chi connectivity index (χ3v) is 4.96. The molecule has 6 nitrogen and oxygen atoms in total. The lowest BCUT2D eigenvalue weighted by molar-refractivity contribution is -0.144. The maximum atomic E-state index is 12.4. The second kappa shape index (κ2) is 6.45. The van der Waals surface area contributed by atoms with Crippen molar-refractivity contribution in [3.8, 4) is 5.69 Å². The molecule has 0 bridgehead atoms. The third kappa shape index (κ3) is 3.24. The van der Waals surface area contributed by atoms with Crippen molar-refractivity contribution in [3.05, 3.63) is 48.3 Å². The molecule has 0 aliphatic carbocycles. The monoisotopic (exact) mass is 331 g/mol. The largest absolute Gasteiger partial charge is 0.480 e. The Morgan fingerprint density at radius 3 is 2.57 bits per heavy atom. The second-order valence-corrected chi connectivity index (χ2v) is 6.69. The van der Waals surface area contributed by atoms with Crippen LogP contribution in [0.15, 0.2) is 42.7 Å². The Hall–Kier alpha value is -2.28. The molecule has 0 saturated carbocycles. The molecule has 1 aliphatic rings. The van der Waals surface area contributed by atoms with Gasteiger partial charge in [0.2, 0.25) is 0 Å². The zero-order valence-corrected chi connectivity index (χ0v) is 13.3. The molecular weight excluding hydrogens is 314 g/mol. The Labute approximate surface area is 137 Å². The number of nitrogens with one attached hydrogen (secondary N) is 1. The Bertz CT molecular complexity index is 708. The number of para-hydroxylation sites is 1. The van der Waals surface area contributed by atoms with Crippen molar-refractivity contribution in [2.24, 2.45) is 0 Å². The predicted octanol–water partition coefficient (Wildman–Crippen LogP) is 1.95. The molecule has 120 valence electrons. The second-order valence-electron chi connectivity index (χ2n) is 5.46. The fourth-order valence-electron chi connectivity index (χ4n) is 2.56. The molecular formula is C16H17N3O3S. The van der Waals surface area contributed by atoms with Crippen LogP contribution in [-0.4, -0.2) is 43.8 Å². The number of aliphatic carboxylic acids is 1. The highest BCUT2D eigenvalue weighted by molar-refractivity contribution is 7.99. The van der Waals surface area contributed by atoms with Crippen LogP contribution in [0.1, 0.15) is 23.2 Å². The molecule has 23 heavy (non-hydrogen) atoms. The van der Waals surface area contributed by atoms with Crippen LogP contribution in [0, 0.1) is 0 Å². The molecule has 1 amide bonds. The van der Waals surface area contributed by atoms with Crippen LogP contribution in [-0.2, 0) is 4.79 Å². The number of carbonyl (C=O) groups excluding carboxylic acids is 1. The Kier molecular flexibility index (Phi) is 4.38. The van der Waals surface area contributed by atoms with E-state index < -0.39 is 17.4 Å². The summed E-state index contributed by atoms with van der Waals surface area (Å²) in [6.45, 7) is 0. The highest BCUT2D eigenvalue weighted by Crippen LogP contribution is 2.27. The molecule has 0 atom stereocenters. The summed E-state index contributed by atoms with van der Waals surface area (Å²) in [4.78, 5) is 24.1. The lowest BCUT2D eigenvalue weighted by Crippen LogP contribution is -2.56. The van der Waals surface area contributed by atoms with Gasteiger partial charge in [0.1, 0.15) is 5.54 Å². The van der Waals surface area contributed by atoms with Gasteiger partial charge in [-0.15, -0.1) is 0 Å². The molecule has 7 heteroatoms. The van der Waals surface area contributed by atoms with Crippen LogP contribution in [0.4, 0.5) is 0 Å². The molecule has 2 N–H and O–H groups in total. The summed E-state index contributed by atoms with van der Waals surface area (Å²) in [6.07, 6.45) is 3.93. The predicted molar refractivity (Wildman–Crippen MR) is 88.0 cm³/mol. The van der Waals surface area contributed by atoms with Gasteiger partial charge in [-0.2, -0.15) is 16.9 Å². The van der Waals surface area contributed by atoms with Crippen LogP contribution in [0.3, 0.4) is 0 Å². The van der Waals surface area contributed by atoms with Crippen LogP contribution in [0.2, 0.25) is 0 Å². The van der Waals surface area contributed by atoms with E-state index in [0.29, 0.717) is 18.4 Å². The normalized spacial score (nSPS) is 16.7. The van der Waals surface area contributed by atoms with E-state index in [-0.39, 0.29) is 0 Å². The molecule has 2 heterocycles. The first-order chi connectivity index (χ1) is 11.1. The molecule has 1 saturated heterocycles. The van der Waals surface area contributed by atoms with E-state index in [4.69, 9.17) is 0 Å². The number of carboxylic acid groups (broad SMARTS) is 1. The number of aromatic nitrogens is 2. The lowest BCUT2D eigenvalue weighted by atomic mass is 9.92. The molecule has 0 unspecified atom stereocenters. The van der Waals surface area contributed by atoms with Gasteiger partial charge in [-0.3, -0.25) is 4.79 Å². The van der Waals surface area contributed by atoms with Crippen LogP contribution in [0.5, 0.6) is 0 Å². The van der Waals surface area contributed by atoms with Crippen molar-refractivity contribution in [3.63, 3.8) is 0 Å². The molecule has 1 aromatic heterocycles. The van der Waals surface area contributed by atoms with Crippen molar-refractivity contribution < 1.29 is 14.7 Å². The van der Waals surface area contributed by atoms with Crippen LogP contribution < -0.4 is 5.32 Å². The maximum Gasteiger partial charge on any atom is 0.329 e. The summed E-state index contributed by atoms with van der Waals surface area (Å²) in [5.41, 5.74) is 0.0262. The summed E-state index contributed by atoms with van der Waals surface area (Å²) in [5.74, 6) is 0.0919. The van der Waals surface area contributed by atoms with Crippen LogP contribution in [0.25, 0.3) is 5.69 Å². The zero-order chi connectivity index (χ0) is 16.3. The summed E-state index contributed by atoms with van der Waals surface area (Å²) >= 11 is 1.71. The molecule has 1 fully saturated rings. The molecule has 0 spiro atoms. The minimum Gasteiger partial charge on any atom is -0.480 e. The Balaban J connectivity index is 1.78. The highest BCUT2D eigenvalue weighted by Gasteiger charge is 2.41. The van der Waals surface area contributed by atoms with Gasteiger partial charge in [0.05, 0.1) is 17.4 Å². The van der Waals surface area contributed by atoms with Gasteiger partial charge < -0.3 is 10.4 Å². The van der Waals surface area contributed by atoms with E-state index in [9.17, 15) is 14.7 Å². The summed E-state index contributed by atoms with van der Waals surface area (Å²) in [7, 11) is 0. The summed E-state index contributed by atoms with van der Waals surface area (Å²) in [5, 5.41) is 16.4. The van der Waals surface area contributed by atoms with E-state index in [2.05, 4.69) is 10.4 Å². The van der Waals surface area contributed by atoms with Gasteiger partial charge in [0.25, 0.3) is 5.91 Å². The quantitative estimate of drug-likeness (QED) is 0.894. The zero-order valence-electron chi connectivity index (χ0n) is 12.4. The lowest BCUT2D eigenvalue weighted by Gasteiger charge is -2.33. The first-order valence-corrected chi connectivity index (χ1v) is 8.50. The van der Waals surface area contributed by atoms with E-state index in [1.54, 1.807) is 22.6 Å². The molecule has 3 rings (SSSR count). The van der Waals surface area contributed by atoms with E-state index in [1.807, 2.05) is 30.3 Å². The Morgan fingerprint density at radius 1 is 1.22 bits per heavy atom. The van der Waals surface area contributed by atoms with Gasteiger partial charge in [-0.05, 0) is 36.5 Å². The van der Waals surface area contributed by atoms with Crippen molar-refractivity contribution in [1.29, 1.82) is 0 Å². The minimum absolute atomic E-state index is 0.354. The van der Waals surface area contributed by atoms with E-state index in [1.165, 1.54) is 6.20 Å². The Morgan fingerprint density at radius 2 is 1.91 bits per heavy atom. The summed E-state index contributed by atoms with van der Waals surface area (Å²) in [6, 6.07) is 9.43. The first-order valence-electron chi connectivity index (χ1n) is 7.34. The topological polar surface area (TPSA) is 84.2 Å². The van der Waals surface area contributed by atoms with Gasteiger partial charge >= 0.3 is 5.97 Å². The van der Waals surface area contributed by atoms with Gasteiger partial charge in [0, 0.05) is 6.20 Å². The number of carboxylic acids is 1. The first kappa shape index (κ1) is 15.6. The molecule has 1 aliphatic heterocycles. The van der Waals surface area contributed by atoms with E-state index in [0.717, 1.165) is 17.2 Å². The third-order valence-electron chi connectivity index (χ3n) is 3.97. The number of carbonyl (C=O) groups is 2. The minimum atomic E-state index is -1.17. The smallest absolute Gasteiger partial charge is 0.329 e. The van der Waals surface area contributed by atoms with Crippen molar-refractivity contribution in [2.45, 2.75) is 18.4 Å². The van der Waals surface area contributed by atoms with Gasteiger partial charge in [0.15, 0.2) is 0 Å². The fraction of sp³-hybridized carbons (Fsp3) is 0.312. The van der Waals surface area contributed by atoms with Gasteiger partial charge in [-0.1, -0.05) is 18.2 Å². The number of rotatable bonds is 4. The number of hydrogen-bond acceptors (Lipinski definition) is 4. The number of amides is 1. The van der Waals surface area contributed by atoms with Crippen LogP contribution >= 0.6 is 11.8 Å². The standard InChI is InChI=1S/C16H17N3O3S/c20-14(18-16(15(21)22)6-8-23-9-7-16)12-10-17-19(11-12)13-4-2-1-3-5-13/h1-5,10-11H,6-9H2,(H,18,20)(H,21,22). The van der Waals surface area contributed by atoms with E-state index >= 15 is 0 Å². The highest BCUT2D eigenvalue weighted by atomic mass is 32.2.